The van der Waals surface area contributed by atoms with Gasteiger partial charge in [0.25, 0.3) is 5.91 Å². The number of carboxylic acid groups (broad SMARTS) is 1. The average Bonchev–Trinajstić information content (AvgIpc) is 3.05. The predicted octanol–water partition coefficient (Wildman–Crippen LogP) is 1.70. The Morgan fingerprint density at radius 3 is 2.52 bits per heavy atom. The second-order valence-corrected chi connectivity index (χ2v) is 7.54. The quantitative estimate of drug-likeness (QED) is 0.755. The third kappa shape index (κ3) is 4.47. The first-order valence-corrected chi connectivity index (χ1v) is 9.09. The maximum Gasteiger partial charge on any atom is 0.313 e. The molecule has 0 spiro atoms. The van der Waals surface area contributed by atoms with Gasteiger partial charge >= 0.3 is 5.97 Å². The summed E-state index contributed by atoms with van der Waals surface area (Å²) < 4.78 is 5.07. The summed E-state index contributed by atoms with van der Waals surface area (Å²) in [6.45, 7) is 6.02. The van der Waals surface area contributed by atoms with Crippen LogP contribution in [0.2, 0.25) is 0 Å². The van der Waals surface area contributed by atoms with Gasteiger partial charge in [0, 0.05) is 25.8 Å². The largest absolute Gasteiger partial charge is 0.481 e. The maximum atomic E-state index is 13.0. The molecule has 2 atom stereocenters. The van der Waals surface area contributed by atoms with Crippen molar-refractivity contribution in [3.8, 4) is 0 Å². The van der Waals surface area contributed by atoms with Crippen LogP contribution in [0.1, 0.15) is 36.2 Å². The Balaban J connectivity index is 2.15. The number of carbonyl (C=O) groups excluding carboxylic acids is 2. The van der Waals surface area contributed by atoms with Crippen LogP contribution in [0.25, 0.3) is 0 Å². The van der Waals surface area contributed by atoms with Gasteiger partial charge in [0.15, 0.2) is 0 Å². The Hall–Kier alpha value is -2.41. The SMILES string of the molecule is COCC1(C(=O)O)CCN(C(=O)C(NC(=O)c2ccccc2C)C(C)C)C1. The van der Waals surface area contributed by atoms with E-state index in [1.807, 2.05) is 32.9 Å². The number of methoxy groups -OCH3 is 1. The molecule has 1 aliphatic heterocycles. The normalized spacial score (nSPS) is 20.6. The molecule has 1 fully saturated rings. The summed E-state index contributed by atoms with van der Waals surface area (Å²) in [7, 11) is 1.45. The van der Waals surface area contributed by atoms with Crippen LogP contribution in [0.15, 0.2) is 24.3 Å². The molecular formula is C20H28N2O5. The van der Waals surface area contributed by atoms with Crippen LogP contribution in [0, 0.1) is 18.3 Å². The number of nitrogens with zero attached hydrogens (tertiary/aromatic N) is 1. The van der Waals surface area contributed by atoms with Gasteiger partial charge in [-0.3, -0.25) is 14.4 Å². The van der Waals surface area contributed by atoms with E-state index in [1.165, 1.54) is 12.0 Å². The molecule has 2 rings (SSSR count). The number of rotatable bonds is 7. The van der Waals surface area contributed by atoms with Gasteiger partial charge in [0.2, 0.25) is 5.91 Å². The van der Waals surface area contributed by atoms with Crippen molar-refractivity contribution in [1.29, 1.82) is 0 Å². The molecule has 0 aliphatic carbocycles. The molecule has 0 radical (unpaired) electrons. The lowest BCUT2D eigenvalue weighted by molar-refractivity contribution is -0.151. The number of hydrogen-bond donors (Lipinski definition) is 2. The van der Waals surface area contributed by atoms with Crippen molar-refractivity contribution in [2.75, 3.05) is 26.8 Å². The number of aryl methyl sites for hydroxylation is 1. The lowest BCUT2D eigenvalue weighted by Gasteiger charge is -2.29. The molecule has 27 heavy (non-hydrogen) atoms. The zero-order valence-corrected chi connectivity index (χ0v) is 16.3. The van der Waals surface area contributed by atoms with E-state index in [9.17, 15) is 19.5 Å². The van der Waals surface area contributed by atoms with E-state index >= 15 is 0 Å². The van der Waals surface area contributed by atoms with Crippen molar-refractivity contribution in [2.45, 2.75) is 33.2 Å². The van der Waals surface area contributed by atoms with E-state index in [4.69, 9.17) is 4.74 Å². The minimum atomic E-state index is -1.09. The van der Waals surface area contributed by atoms with Gasteiger partial charge in [-0.05, 0) is 30.9 Å². The summed E-state index contributed by atoms with van der Waals surface area (Å²) in [5.41, 5.74) is 0.263. The van der Waals surface area contributed by atoms with Gasteiger partial charge in [-0.15, -0.1) is 0 Å². The third-order valence-electron chi connectivity index (χ3n) is 5.15. The van der Waals surface area contributed by atoms with Crippen molar-refractivity contribution in [2.24, 2.45) is 11.3 Å². The Labute approximate surface area is 159 Å². The van der Waals surface area contributed by atoms with Crippen LogP contribution in [0.5, 0.6) is 0 Å². The molecule has 0 saturated carbocycles. The molecule has 1 aromatic carbocycles. The molecule has 1 heterocycles. The van der Waals surface area contributed by atoms with E-state index in [2.05, 4.69) is 5.32 Å². The van der Waals surface area contributed by atoms with E-state index in [0.717, 1.165) is 5.56 Å². The summed E-state index contributed by atoms with van der Waals surface area (Å²) >= 11 is 0. The van der Waals surface area contributed by atoms with Crippen molar-refractivity contribution in [3.05, 3.63) is 35.4 Å². The van der Waals surface area contributed by atoms with E-state index in [0.29, 0.717) is 18.5 Å². The minimum absolute atomic E-state index is 0.0496. The standard InChI is InChI=1S/C20H28N2O5/c1-13(2)16(21-17(23)15-8-6-5-7-14(15)3)18(24)22-10-9-20(11-22,12-27-4)19(25)26/h5-8,13,16H,9-12H2,1-4H3,(H,21,23)(H,25,26). The van der Waals surface area contributed by atoms with Crippen LogP contribution >= 0.6 is 0 Å². The van der Waals surface area contributed by atoms with Crippen LogP contribution in [-0.2, 0) is 14.3 Å². The van der Waals surface area contributed by atoms with Crippen molar-refractivity contribution in [1.82, 2.24) is 10.2 Å². The van der Waals surface area contributed by atoms with Crippen LogP contribution < -0.4 is 5.32 Å². The van der Waals surface area contributed by atoms with Gasteiger partial charge < -0.3 is 20.1 Å². The predicted molar refractivity (Wildman–Crippen MR) is 100 cm³/mol. The molecule has 1 aliphatic rings. The molecule has 1 saturated heterocycles. The molecule has 7 heteroatoms. The molecule has 7 nitrogen and oxygen atoms in total. The maximum absolute atomic E-state index is 13.0. The summed E-state index contributed by atoms with van der Waals surface area (Å²) in [6.07, 6.45) is 0.332. The lowest BCUT2D eigenvalue weighted by Crippen LogP contribution is -2.51. The van der Waals surface area contributed by atoms with Gasteiger partial charge in [-0.1, -0.05) is 32.0 Å². The highest BCUT2D eigenvalue weighted by Crippen LogP contribution is 2.32. The van der Waals surface area contributed by atoms with Crippen molar-refractivity contribution in [3.63, 3.8) is 0 Å². The fourth-order valence-electron chi connectivity index (χ4n) is 3.45. The van der Waals surface area contributed by atoms with Gasteiger partial charge in [0.05, 0.1) is 6.61 Å². The number of benzene rings is 1. The highest BCUT2D eigenvalue weighted by molar-refractivity contribution is 5.98. The monoisotopic (exact) mass is 376 g/mol. The Kier molecular flexibility index (Phi) is 6.59. The highest BCUT2D eigenvalue weighted by atomic mass is 16.5. The van der Waals surface area contributed by atoms with Crippen LogP contribution in [0.4, 0.5) is 0 Å². The molecule has 1 aromatic rings. The summed E-state index contributed by atoms with van der Waals surface area (Å²) in [5.74, 6) is -1.66. The zero-order valence-electron chi connectivity index (χ0n) is 16.3. The molecule has 148 valence electrons. The first-order chi connectivity index (χ1) is 12.7. The number of likely N-dealkylation sites (tertiary alicyclic amines) is 1. The van der Waals surface area contributed by atoms with Gasteiger partial charge in [0.1, 0.15) is 11.5 Å². The number of amides is 2. The highest BCUT2D eigenvalue weighted by Gasteiger charge is 2.47. The minimum Gasteiger partial charge on any atom is -0.481 e. The fourth-order valence-corrected chi connectivity index (χ4v) is 3.45. The summed E-state index contributed by atoms with van der Waals surface area (Å²) in [6, 6.07) is 6.47. The van der Waals surface area contributed by atoms with E-state index in [1.54, 1.807) is 12.1 Å². The zero-order chi connectivity index (χ0) is 20.2. The number of carboxylic acids is 1. The second-order valence-electron chi connectivity index (χ2n) is 7.54. The summed E-state index contributed by atoms with van der Waals surface area (Å²) in [5, 5.41) is 12.4. The number of hydrogen-bond acceptors (Lipinski definition) is 4. The molecule has 2 N–H and O–H groups in total. The van der Waals surface area contributed by atoms with Gasteiger partial charge in [-0.25, -0.2) is 0 Å². The number of ether oxygens (including phenoxy) is 1. The van der Waals surface area contributed by atoms with Crippen molar-refractivity contribution < 1.29 is 24.2 Å². The average molecular weight is 376 g/mol. The van der Waals surface area contributed by atoms with E-state index in [-0.39, 0.29) is 30.9 Å². The molecule has 2 unspecified atom stereocenters. The molecular weight excluding hydrogens is 348 g/mol. The number of nitrogens with one attached hydrogen (secondary N) is 1. The number of carbonyl (C=O) groups is 3. The van der Waals surface area contributed by atoms with E-state index < -0.39 is 17.4 Å². The first kappa shape index (κ1) is 20.9. The Bertz CT molecular complexity index is 718. The smallest absolute Gasteiger partial charge is 0.313 e. The van der Waals surface area contributed by atoms with Crippen molar-refractivity contribution >= 4 is 17.8 Å². The summed E-state index contributed by atoms with van der Waals surface area (Å²) in [4.78, 5) is 38.9. The lowest BCUT2D eigenvalue weighted by atomic mass is 9.88. The molecule has 0 bridgehead atoms. The Morgan fingerprint density at radius 1 is 1.30 bits per heavy atom. The number of aliphatic carboxylic acids is 1. The first-order valence-electron chi connectivity index (χ1n) is 9.09. The molecule has 2 amide bonds. The fraction of sp³-hybridized carbons (Fsp3) is 0.550. The third-order valence-corrected chi connectivity index (χ3v) is 5.15. The van der Waals surface area contributed by atoms with Crippen LogP contribution in [0.3, 0.4) is 0 Å². The Morgan fingerprint density at radius 2 is 1.96 bits per heavy atom. The second kappa shape index (κ2) is 8.52. The molecule has 0 aromatic heterocycles. The van der Waals surface area contributed by atoms with Gasteiger partial charge in [-0.2, -0.15) is 0 Å². The van der Waals surface area contributed by atoms with Crippen LogP contribution in [-0.4, -0.2) is 60.6 Å². The topological polar surface area (TPSA) is 95.9 Å².